The normalized spacial score (nSPS) is 12.9. The van der Waals surface area contributed by atoms with Gasteiger partial charge in [0, 0.05) is 13.1 Å². The monoisotopic (exact) mass is 368 g/mol. The van der Waals surface area contributed by atoms with Crippen LogP contribution in [0.25, 0.3) is 0 Å². The summed E-state index contributed by atoms with van der Waals surface area (Å²) < 4.78 is 65.6. The van der Waals surface area contributed by atoms with Gasteiger partial charge in [0.2, 0.25) is 10.0 Å². The van der Waals surface area contributed by atoms with Gasteiger partial charge in [0.25, 0.3) is 0 Å². The molecule has 0 bridgehead atoms. The number of aliphatic imine (C=N–C) groups is 1. The molecule has 24 heavy (non-hydrogen) atoms. The van der Waals surface area contributed by atoms with E-state index in [0.29, 0.717) is 6.42 Å². The molecule has 0 aromatic heterocycles. The summed E-state index contributed by atoms with van der Waals surface area (Å²) in [6.45, 7) is 1.91. The zero-order chi connectivity index (χ0) is 18.2. The number of para-hydroxylation sites is 2. The lowest BCUT2D eigenvalue weighted by Crippen LogP contribution is -2.27. The Labute approximate surface area is 138 Å². The number of hydrogen-bond acceptors (Lipinski definition) is 4. The van der Waals surface area contributed by atoms with Crippen LogP contribution >= 0.6 is 0 Å². The summed E-state index contributed by atoms with van der Waals surface area (Å²) in [6.07, 6.45) is -4.43. The van der Waals surface area contributed by atoms with Crippen molar-refractivity contribution in [3.8, 4) is 5.75 Å². The van der Waals surface area contributed by atoms with Crippen molar-refractivity contribution < 1.29 is 26.3 Å². The number of anilines is 1. The summed E-state index contributed by atoms with van der Waals surface area (Å²) in [5.41, 5.74) is 5.61. The van der Waals surface area contributed by atoms with E-state index in [1.165, 1.54) is 25.1 Å². The van der Waals surface area contributed by atoms with E-state index in [-0.39, 0.29) is 30.5 Å². The standard InChI is InChI=1S/C13H19F3N4O3S/c1-2-24(21,22)19-9-5-8-18-12(17)20-10-6-3-4-7-11(10)23-13(14,15)16/h3-4,6-7,19H,2,5,8-9H2,1H3,(H3,17,18,20). The van der Waals surface area contributed by atoms with Gasteiger partial charge in [0.15, 0.2) is 11.7 Å². The van der Waals surface area contributed by atoms with E-state index in [2.05, 4.69) is 19.8 Å². The zero-order valence-electron chi connectivity index (χ0n) is 12.9. The van der Waals surface area contributed by atoms with Crippen molar-refractivity contribution in [2.75, 3.05) is 24.2 Å². The van der Waals surface area contributed by atoms with Gasteiger partial charge in [0.1, 0.15) is 0 Å². The van der Waals surface area contributed by atoms with E-state index in [1.54, 1.807) is 0 Å². The second-order valence-corrected chi connectivity index (χ2v) is 6.68. The number of hydrogen-bond donors (Lipinski definition) is 3. The summed E-state index contributed by atoms with van der Waals surface area (Å²) in [5, 5.41) is 2.52. The molecule has 1 aromatic carbocycles. The fourth-order valence-electron chi connectivity index (χ4n) is 1.57. The molecule has 7 nitrogen and oxygen atoms in total. The maximum Gasteiger partial charge on any atom is 0.573 e. The molecule has 0 fully saturated rings. The number of halogens is 3. The van der Waals surface area contributed by atoms with E-state index in [1.807, 2.05) is 0 Å². The van der Waals surface area contributed by atoms with Crippen LogP contribution in [0.2, 0.25) is 0 Å². The van der Waals surface area contributed by atoms with Gasteiger partial charge in [-0.3, -0.25) is 4.99 Å². The Morgan fingerprint density at radius 2 is 2.00 bits per heavy atom. The van der Waals surface area contributed by atoms with Crippen LogP contribution in [0, 0.1) is 0 Å². The molecule has 0 aliphatic rings. The van der Waals surface area contributed by atoms with Crippen molar-refractivity contribution in [1.82, 2.24) is 4.72 Å². The smallest absolute Gasteiger partial charge is 0.404 e. The third kappa shape index (κ3) is 8.02. The number of nitrogens with two attached hydrogens (primary N) is 1. The van der Waals surface area contributed by atoms with Crippen LogP contribution in [-0.4, -0.2) is 39.6 Å². The Morgan fingerprint density at radius 3 is 2.62 bits per heavy atom. The molecule has 0 saturated heterocycles. The van der Waals surface area contributed by atoms with Crippen molar-refractivity contribution in [1.29, 1.82) is 0 Å². The molecule has 0 radical (unpaired) electrons. The Bertz CT molecular complexity index is 663. The third-order valence-corrected chi connectivity index (χ3v) is 4.10. The van der Waals surface area contributed by atoms with Crippen molar-refractivity contribution >= 4 is 21.7 Å². The highest BCUT2D eigenvalue weighted by Crippen LogP contribution is 2.29. The lowest BCUT2D eigenvalue weighted by atomic mass is 10.3. The van der Waals surface area contributed by atoms with Crippen molar-refractivity contribution in [2.24, 2.45) is 10.7 Å². The molecular formula is C13H19F3N4O3S. The highest BCUT2D eigenvalue weighted by atomic mass is 32.2. The molecule has 11 heteroatoms. The van der Waals surface area contributed by atoms with Gasteiger partial charge < -0.3 is 15.8 Å². The fourth-order valence-corrected chi connectivity index (χ4v) is 2.23. The quantitative estimate of drug-likeness (QED) is 0.367. The molecule has 0 atom stereocenters. The molecule has 4 N–H and O–H groups in total. The topological polar surface area (TPSA) is 106 Å². The van der Waals surface area contributed by atoms with Crippen molar-refractivity contribution in [3.05, 3.63) is 24.3 Å². The van der Waals surface area contributed by atoms with E-state index in [4.69, 9.17) is 5.73 Å². The first-order chi connectivity index (χ1) is 11.1. The average Bonchev–Trinajstić information content (AvgIpc) is 2.47. The SMILES string of the molecule is CCS(=O)(=O)NCCCN=C(N)Nc1ccccc1OC(F)(F)F. The minimum absolute atomic E-state index is 0.0164. The summed E-state index contributed by atoms with van der Waals surface area (Å²) in [6, 6.07) is 5.40. The van der Waals surface area contributed by atoms with Gasteiger partial charge in [-0.2, -0.15) is 0 Å². The first-order valence-electron chi connectivity index (χ1n) is 7.02. The van der Waals surface area contributed by atoms with Gasteiger partial charge in [-0.15, -0.1) is 13.2 Å². The highest BCUT2D eigenvalue weighted by molar-refractivity contribution is 7.89. The number of nitrogens with one attached hydrogen (secondary N) is 2. The fraction of sp³-hybridized carbons (Fsp3) is 0.462. The van der Waals surface area contributed by atoms with Gasteiger partial charge in [-0.05, 0) is 25.5 Å². The molecule has 0 spiro atoms. The molecule has 136 valence electrons. The van der Waals surface area contributed by atoms with E-state index in [9.17, 15) is 21.6 Å². The summed E-state index contributed by atoms with van der Waals surface area (Å²) >= 11 is 0. The van der Waals surface area contributed by atoms with Gasteiger partial charge in [0.05, 0.1) is 11.4 Å². The summed E-state index contributed by atoms with van der Waals surface area (Å²) in [4.78, 5) is 3.91. The lowest BCUT2D eigenvalue weighted by molar-refractivity contribution is -0.274. The predicted molar refractivity (Wildman–Crippen MR) is 85.3 cm³/mol. The van der Waals surface area contributed by atoms with Crippen LogP contribution in [0.1, 0.15) is 13.3 Å². The molecule has 0 amide bonds. The highest BCUT2D eigenvalue weighted by Gasteiger charge is 2.32. The van der Waals surface area contributed by atoms with E-state index >= 15 is 0 Å². The summed E-state index contributed by atoms with van der Waals surface area (Å²) in [7, 11) is -3.26. The molecule has 0 saturated carbocycles. The molecular weight excluding hydrogens is 349 g/mol. The molecule has 0 aliphatic heterocycles. The lowest BCUT2D eigenvalue weighted by Gasteiger charge is -2.14. The number of nitrogens with zero attached hydrogens (tertiary/aromatic N) is 1. The molecule has 1 aromatic rings. The number of ether oxygens (including phenoxy) is 1. The molecule has 0 heterocycles. The minimum Gasteiger partial charge on any atom is -0.404 e. The van der Waals surface area contributed by atoms with Crippen LogP contribution in [0.4, 0.5) is 18.9 Å². The number of alkyl halides is 3. The van der Waals surface area contributed by atoms with Crippen molar-refractivity contribution in [2.45, 2.75) is 19.7 Å². The number of benzene rings is 1. The maximum atomic E-state index is 12.3. The van der Waals surface area contributed by atoms with Gasteiger partial charge in [-0.25, -0.2) is 13.1 Å². The number of rotatable bonds is 8. The van der Waals surface area contributed by atoms with Crippen LogP contribution in [0.15, 0.2) is 29.3 Å². The van der Waals surface area contributed by atoms with E-state index in [0.717, 1.165) is 6.07 Å². The predicted octanol–water partition coefficient (Wildman–Crippen LogP) is 1.64. The Kier molecular flexibility index (Phi) is 7.29. The van der Waals surface area contributed by atoms with Crippen LogP contribution in [-0.2, 0) is 10.0 Å². The van der Waals surface area contributed by atoms with Crippen LogP contribution in [0.5, 0.6) is 5.75 Å². The Morgan fingerprint density at radius 1 is 1.33 bits per heavy atom. The first-order valence-corrected chi connectivity index (χ1v) is 8.67. The molecule has 0 unspecified atom stereocenters. The van der Waals surface area contributed by atoms with Crippen molar-refractivity contribution in [3.63, 3.8) is 0 Å². The van der Waals surface area contributed by atoms with E-state index < -0.39 is 22.1 Å². The molecule has 1 rings (SSSR count). The third-order valence-electron chi connectivity index (χ3n) is 2.69. The average molecular weight is 368 g/mol. The van der Waals surface area contributed by atoms with Gasteiger partial charge >= 0.3 is 6.36 Å². The largest absolute Gasteiger partial charge is 0.573 e. The minimum atomic E-state index is -4.82. The second kappa shape index (κ2) is 8.73. The number of guanidine groups is 1. The molecule has 0 aliphatic carbocycles. The zero-order valence-corrected chi connectivity index (χ0v) is 13.7. The van der Waals surface area contributed by atoms with Crippen LogP contribution < -0.4 is 20.5 Å². The maximum absolute atomic E-state index is 12.3. The van der Waals surface area contributed by atoms with Gasteiger partial charge in [-0.1, -0.05) is 12.1 Å². The number of sulfonamides is 1. The van der Waals surface area contributed by atoms with Crippen LogP contribution in [0.3, 0.4) is 0 Å². The Hall–Kier alpha value is -2.01. The second-order valence-electron chi connectivity index (χ2n) is 4.59. The summed E-state index contributed by atoms with van der Waals surface area (Å²) in [5.74, 6) is -0.555. The Balaban J connectivity index is 2.54. The first kappa shape index (κ1) is 20.0.